The van der Waals surface area contributed by atoms with E-state index in [0.717, 1.165) is 6.29 Å². The molecule has 0 spiro atoms. The molecule has 1 amide bonds. The summed E-state index contributed by atoms with van der Waals surface area (Å²) in [6, 6.07) is 4.74. The summed E-state index contributed by atoms with van der Waals surface area (Å²) < 4.78 is 12.1. The van der Waals surface area contributed by atoms with Crippen LogP contribution in [0.2, 0.25) is 0 Å². The fraction of sp³-hybridized carbons (Fsp3) is 0.286. The molecule has 0 saturated carbocycles. The maximum absolute atomic E-state index is 12.1. The van der Waals surface area contributed by atoms with Crippen LogP contribution in [0.3, 0.4) is 0 Å². The predicted molar refractivity (Wildman–Crippen MR) is 137 cm³/mol. The molecule has 35 heavy (non-hydrogen) atoms. The van der Waals surface area contributed by atoms with Crippen molar-refractivity contribution in [1.29, 1.82) is 0 Å². The second-order valence-electron chi connectivity index (χ2n) is 7.71. The fourth-order valence-electron chi connectivity index (χ4n) is 3.93. The van der Waals surface area contributed by atoms with Crippen molar-refractivity contribution in [3.63, 3.8) is 0 Å². The molecular formula is C28H33NO6. The molecule has 0 fully saturated rings. The molecule has 2 atom stereocenters. The molecule has 0 radical (unpaired) electrons. The van der Waals surface area contributed by atoms with Crippen molar-refractivity contribution in [3.8, 4) is 24.3 Å². The number of hydrogen-bond donors (Lipinski definition) is 3. The number of allylic oxidation sites excluding steroid dienone is 7. The first-order valence-electron chi connectivity index (χ1n) is 10.8. The molecule has 0 saturated heterocycles. The van der Waals surface area contributed by atoms with Gasteiger partial charge in [-0.05, 0) is 50.6 Å². The highest BCUT2D eigenvalue weighted by molar-refractivity contribution is 5.76. The molecule has 2 unspecified atom stereocenters. The quantitative estimate of drug-likeness (QED) is 0.165. The van der Waals surface area contributed by atoms with E-state index >= 15 is 0 Å². The molecule has 1 aliphatic rings. The molecule has 1 aromatic carbocycles. The van der Waals surface area contributed by atoms with Crippen molar-refractivity contribution in [2.75, 3.05) is 13.7 Å². The highest BCUT2D eigenvalue weighted by Crippen LogP contribution is 2.50. The van der Waals surface area contributed by atoms with Crippen LogP contribution in [0.15, 0.2) is 77.3 Å². The first kappa shape index (κ1) is 29.0. The van der Waals surface area contributed by atoms with Crippen LogP contribution < -0.4 is 10.1 Å². The van der Waals surface area contributed by atoms with Crippen molar-refractivity contribution in [2.45, 2.75) is 33.3 Å². The van der Waals surface area contributed by atoms with Gasteiger partial charge in [-0.3, -0.25) is 9.59 Å². The molecule has 0 aromatic heterocycles. The van der Waals surface area contributed by atoms with Gasteiger partial charge in [0.2, 0.25) is 5.91 Å². The zero-order chi connectivity index (χ0) is 26.6. The lowest BCUT2D eigenvalue weighted by Gasteiger charge is -2.44. The number of benzene rings is 1. The van der Waals surface area contributed by atoms with Gasteiger partial charge in [-0.2, -0.15) is 0 Å². The maximum atomic E-state index is 12.1. The van der Waals surface area contributed by atoms with Gasteiger partial charge in [-0.1, -0.05) is 24.3 Å². The van der Waals surface area contributed by atoms with E-state index < -0.39 is 11.5 Å². The number of phenols is 1. The topological polar surface area (TPSA) is 105 Å². The summed E-state index contributed by atoms with van der Waals surface area (Å²) in [5.41, 5.74) is 1.25. The number of phenolic OH excluding ortho intramolecular Hbond substituents is 1. The number of fused-ring (bicyclic) bond motifs is 1. The van der Waals surface area contributed by atoms with Gasteiger partial charge in [0.05, 0.1) is 5.76 Å². The van der Waals surface area contributed by atoms with Crippen LogP contribution in [0.5, 0.6) is 11.5 Å². The van der Waals surface area contributed by atoms with Gasteiger partial charge in [-0.15, -0.1) is 12.8 Å². The summed E-state index contributed by atoms with van der Waals surface area (Å²) in [4.78, 5) is 23.4. The van der Waals surface area contributed by atoms with Crippen LogP contribution in [-0.2, 0) is 19.9 Å². The summed E-state index contributed by atoms with van der Waals surface area (Å²) in [6.45, 7) is 6.63. The Balaban J connectivity index is 0.00000298. The normalized spacial score (nSPS) is 20.3. The number of carbonyl (C=O) groups excluding carboxylic acids is 2. The highest BCUT2D eigenvalue weighted by atomic mass is 16.5. The minimum atomic E-state index is -1.16. The number of aromatic hydroxyl groups is 1. The van der Waals surface area contributed by atoms with Crippen molar-refractivity contribution in [1.82, 2.24) is 5.32 Å². The smallest absolute Gasteiger partial charge is 0.220 e. The van der Waals surface area contributed by atoms with Crippen LogP contribution in [0, 0.1) is 18.8 Å². The SMILES string of the molecule is C#C.C/C=C(/C=O)C(C=C/C=C(\C)NC(C)=O)C1(OC)/C(=C/C=C(\C)O)COc2cc(O)ccc21. The number of aliphatic hydroxyl groups is 1. The van der Waals surface area contributed by atoms with Crippen LogP contribution in [0.25, 0.3) is 0 Å². The number of rotatable bonds is 8. The predicted octanol–water partition coefficient (Wildman–Crippen LogP) is 4.62. The minimum Gasteiger partial charge on any atom is -0.513 e. The number of hydrogen-bond acceptors (Lipinski definition) is 6. The van der Waals surface area contributed by atoms with Crippen LogP contribution in [0.1, 0.15) is 33.3 Å². The van der Waals surface area contributed by atoms with Crippen molar-refractivity contribution >= 4 is 12.2 Å². The fourth-order valence-corrected chi connectivity index (χ4v) is 3.93. The number of nitrogens with one attached hydrogen (secondary N) is 1. The zero-order valence-corrected chi connectivity index (χ0v) is 20.7. The van der Waals surface area contributed by atoms with Crippen molar-refractivity contribution in [3.05, 3.63) is 82.8 Å². The lowest BCUT2D eigenvalue weighted by molar-refractivity contribution is -0.118. The summed E-state index contributed by atoms with van der Waals surface area (Å²) >= 11 is 0. The summed E-state index contributed by atoms with van der Waals surface area (Å²) in [6.07, 6.45) is 19.1. The third-order valence-corrected chi connectivity index (χ3v) is 5.36. The largest absolute Gasteiger partial charge is 0.513 e. The molecule has 1 heterocycles. The average Bonchev–Trinajstić information content (AvgIpc) is 2.82. The van der Waals surface area contributed by atoms with E-state index in [0.29, 0.717) is 28.2 Å². The number of aldehydes is 1. The molecular weight excluding hydrogens is 446 g/mol. The third-order valence-electron chi connectivity index (χ3n) is 5.36. The molecule has 1 aliphatic heterocycles. The summed E-state index contributed by atoms with van der Waals surface area (Å²) in [5.74, 6) is -0.189. The first-order chi connectivity index (χ1) is 16.7. The lowest BCUT2D eigenvalue weighted by Crippen LogP contribution is -2.44. The molecule has 7 heteroatoms. The van der Waals surface area contributed by atoms with Crippen LogP contribution in [0.4, 0.5) is 0 Å². The summed E-state index contributed by atoms with van der Waals surface area (Å²) in [7, 11) is 1.54. The van der Waals surface area contributed by atoms with Crippen molar-refractivity contribution < 1.29 is 29.3 Å². The Hall–Kier alpha value is -4.02. The molecule has 1 aromatic rings. The van der Waals surface area contributed by atoms with Gasteiger partial charge in [0.25, 0.3) is 0 Å². The number of amides is 1. The van der Waals surface area contributed by atoms with Gasteiger partial charge in [-0.25, -0.2) is 0 Å². The monoisotopic (exact) mass is 479 g/mol. The third kappa shape index (κ3) is 6.98. The molecule has 0 bridgehead atoms. The Kier molecular flexibility index (Phi) is 11.3. The average molecular weight is 480 g/mol. The van der Waals surface area contributed by atoms with E-state index in [1.165, 1.54) is 25.1 Å². The van der Waals surface area contributed by atoms with Crippen molar-refractivity contribution in [2.24, 2.45) is 5.92 Å². The second-order valence-corrected chi connectivity index (χ2v) is 7.71. The minimum absolute atomic E-state index is 0.0416. The molecule has 186 valence electrons. The zero-order valence-electron chi connectivity index (χ0n) is 20.7. The molecule has 3 N–H and O–H groups in total. The van der Waals surface area contributed by atoms with E-state index in [-0.39, 0.29) is 24.0 Å². The van der Waals surface area contributed by atoms with E-state index in [1.54, 1.807) is 58.3 Å². The van der Waals surface area contributed by atoms with E-state index in [1.807, 2.05) is 6.08 Å². The van der Waals surface area contributed by atoms with Gasteiger partial charge >= 0.3 is 0 Å². The van der Waals surface area contributed by atoms with Gasteiger partial charge < -0.3 is 25.0 Å². The van der Waals surface area contributed by atoms with Gasteiger partial charge in [0.15, 0.2) is 0 Å². The van der Waals surface area contributed by atoms with Crippen LogP contribution >= 0.6 is 0 Å². The Morgan fingerprint density at radius 3 is 2.49 bits per heavy atom. The number of ether oxygens (including phenoxy) is 2. The standard InChI is InChI=1S/C26H31NO6.C2H2/c1-6-20(15-28)23(9-7-8-17(2)27-19(4)30)26(32-5)21(11-10-18(3)29)16-33-25-14-22(31)12-13-24(25)26;1-2/h6-15,23,29,31H,16H2,1-5H3,(H,27,30);1-2H/b9-7?,17-8+,18-10+,20-6-,21-11+;. The van der Waals surface area contributed by atoms with Gasteiger partial charge in [0, 0.05) is 42.9 Å². The molecule has 2 rings (SSSR count). The Labute approximate surface area is 207 Å². The second kappa shape index (κ2) is 13.6. The Bertz CT molecular complexity index is 1090. The number of terminal acetylenes is 1. The van der Waals surface area contributed by atoms with E-state index in [4.69, 9.17) is 9.47 Å². The van der Waals surface area contributed by atoms with E-state index in [9.17, 15) is 19.8 Å². The Morgan fingerprint density at radius 1 is 1.26 bits per heavy atom. The van der Waals surface area contributed by atoms with Gasteiger partial charge in [0.1, 0.15) is 30.0 Å². The highest BCUT2D eigenvalue weighted by Gasteiger charge is 2.48. The van der Waals surface area contributed by atoms with E-state index in [2.05, 4.69) is 18.2 Å². The number of aliphatic hydroxyl groups excluding tert-OH is 1. The molecule has 7 nitrogen and oxygen atoms in total. The first-order valence-corrected chi connectivity index (χ1v) is 10.8. The van der Waals surface area contributed by atoms with Crippen LogP contribution in [-0.4, -0.2) is 36.1 Å². The number of methoxy groups -OCH3 is 1. The maximum Gasteiger partial charge on any atom is 0.220 e. The molecule has 0 aliphatic carbocycles. The number of carbonyl (C=O) groups is 2. The lowest BCUT2D eigenvalue weighted by atomic mass is 9.70. The Morgan fingerprint density at radius 2 is 1.94 bits per heavy atom. The summed E-state index contributed by atoms with van der Waals surface area (Å²) in [5, 5.41) is 22.4.